The van der Waals surface area contributed by atoms with Crippen LogP contribution >= 0.6 is 0 Å². The summed E-state index contributed by atoms with van der Waals surface area (Å²) in [6, 6.07) is 47.6. The van der Waals surface area contributed by atoms with E-state index >= 15 is 0 Å². The summed E-state index contributed by atoms with van der Waals surface area (Å²) in [7, 11) is 0. The molecule has 0 saturated heterocycles. The molecule has 3 nitrogen and oxygen atoms in total. The molecule has 9 rings (SSSR count). The molecular formula is C38H23N3. The van der Waals surface area contributed by atoms with Crippen LogP contribution in [-0.4, -0.2) is 14.5 Å². The first-order chi connectivity index (χ1) is 20.4. The summed E-state index contributed by atoms with van der Waals surface area (Å²) in [6.07, 6.45) is 1.91. The van der Waals surface area contributed by atoms with Crippen molar-refractivity contribution in [3.8, 4) is 50.3 Å². The zero-order chi connectivity index (χ0) is 26.9. The van der Waals surface area contributed by atoms with Gasteiger partial charge in [0.1, 0.15) is 0 Å². The van der Waals surface area contributed by atoms with Gasteiger partial charge >= 0.3 is 0 Å². The van der Waals surface area contributed by atoms with E-state index in [2.05, 4.69) is 138 Å². The van der Waals surface area contributed by atoms with Crippen molar-refractivity contribution in [3.63, 3.8) is 0 Å². The number of fused-ring (bicyclic) bond motifs is 13. The van der Waals surface area contributed by atoms with Crippen LogP contribution in [0.3, 0.4) is 0 Å². The molecule has 6 aromatic carbocycles. The summed E-state index contributed by atoms with van der Waals surface area (Å²) in [5.74, 6) is 0.816. The van der Waals surface area contributed by atoms with E-state index in [9.17, 15) is 0 Å². The Hall–Kier alpha value is -5.54. The molecule has 0 bridgehead atoms. The first-order valence-corrected chi connectivity index (χ1v) is 13.9. The molecule has 41 heavy (non-hydrogen) atoms. The van der Waals surface area contributed by atoms with Crippen molar-refractivity contribution in [2.24, 2.45) is 0 Å². The highest BCUT2D eigenvalue weighted by Crippen LogP contribution is 2.49. The van der Waals surface area contributed by atoms with Crippen molar-refractivity contribution >= 4 is 32.8 Å². The van der Waals surface area contributed by atoms with Crippen molar-refractivity contribution in [1.82, 2.24) is 14.5 Å². The third-order valence-electron chi connectivity index (χ3n) is 8.43. The molecule has 0 radical (unpaired) electrons. The zero-order valence-electron chi connectivity index (χ0n) is 22.1. The number of nitrogens with zero attached hydrogens (tertiary/aromatic N) is 3. The molecule has 0 N–H and O–H groups in total. The highest BCUT2D eigenvalue weighted by Gasteiger charge is 2.24. The lowest BCUT2D eigenvalue weighted by atomic mass is 9.80. The molecule has 1 aliphatic rings. The van der Waals surface area contributed by atoms with Gasteiger partial charge in [-0.15, -0.1) is 0 Å². The summed E-state index contributed by atoms with van der Waals surface area (Å²) < 4.78 is 2.24. The summed E-state index contributed by atoms with van der Waals surface area (Å²) in [5.41, 5.74) is 13.6. The van der Waals surface area contributed by atoms with Gasteiger partial charge in [0.05, 0.1) is 28.3 Å². The first-order valence-electron chi connectivity index (χ1n) is 13.9. The van der Waals surface area contributed by atoms with Crippen molar-refractivity contribution in [1.29, 1.82) is 0 Å². The van der Waals surface area contributed by atoms with Crippen molar-refractivity contribution in [2.45, 2.75) is 0 Å². The molecular weight excluding hydrogens is 498 g/mol. The fraction of sp³-hybridized carbons (Fsp3) is 0. The standard InChI is InChI=1S/C38H23N3/c1-2-12-25-24(11-1)26-13-3-4-15-28(26)32-21-22-33-38(37(32)31-18-6-5-14-27(25)31)40-36(23-39-33)41-34-19-9-7-16-29(34)30-17-8-10-20-35(30)41/h1-23H. The average Bonchev–Trinajstić information content (AvgIpc) is 3.38. The number of para-hydroxylation sites is 2. The smallest absolute Gasteiger partial charge is 0.156 e. The fourth-order valence-electron chi connectivity index (χ4n) is 6.68. The van der Waals surface area contributed by atoms with E-state index in [1.807, 2.05) is 6.20 Å². The number of aromatic nitrogens is 3. The van der Waals surface area contributed by atoms with Gasteiger partial charge in [0.2, 0.25) is 0 Å². The Bertz CT molecular complexity index is 2270. The van der Waals surface area contributed by atoms with Crippen LogP contribution in [-0.2, 0) is 0 Å². The molecule has 0 aliphatic heterocycles. The third-order valence-corrected chi connectivity index (χ3v) is 8.43. The van der Waals surface area contributed by atoms with Crippen LogP contribution in [0.1, 0.15) is 0 Å². The summed E-state index contributed by atoms with van der Waals surface area (Å²) in [4.78, 5) is 10.4. The van der Waals surface area contributed by atoms with Crippen LogP contribution in [0.15, 0.2) is 140 Å². The molecule has 0 saturated carbocycles. The maximum absolute atomic E-state index is 5.43. The molecule has 8 aromatic rings. The Labute approximate surface area is 237 Å². The predicted molar refractivity (Wildman–Crippen MR) is 169 cm³/mol. The normalized spacial score (nSPS) is 11.9. The van der Waals surface area contributed by atoms with Crippen molar-refractivity contribution in [2.75, 3.05) is 0 Å². The second kappa shape index (κ2) is 8.48. The van der Waals surface area contributed by atoms with Crippen molar-refractivity contribution < 1.29 is 0 Å². The fourth-order valence-corrected chi connectivity index (χ4v) is 6.68. The Kier molecular flexibility index (Phi) is 4.61. The van der Waals surface area contributed by atoms with Gasteiger partial charge in [-0.2, -0.15) is 0 Å². The molecule has 3 heteroatoms. The van der Waals surface area contributed by atoms with Gasteiger partial charge < -0.3 is 0 Å². The molecule has 0 amide bonds. The molecule has 0 unspecified atom stereocenters. The lowest BCUT2D eigenvalue weighted by molar-refractivity contribution is 1.08. The van der Waals surface area contributed by atoms with Crippen LogP contribution in [0.5, 0.6) is 0 Å². The van der Waals surface area contributed by atoms with Gasteiger partial charge in [-0.25, -0.2) is 4.98 Å². The molecule has 0 spiro atoms. The topological polar surface area (TPSA) is 30.7 Å². The molecule has 1 aliphatic carbocycles. The largest absolute Gasteiger partial charge is 0.292 e. The van der Waals surface area contributed by atoms with Crippen LogP contribution in [0.4, 0.5) is 0 Å². The Morgan fingerprint density at radius 3 is 1.46 bits per heavy atom. The number of hydrogen-bond acceptors (Lipinski definition) is 2. The van der Waals surface area contributed by atoms with Gasteiger partial charge in [0, 0.05) is 16.3 Å². The third kappa shape index (κ3) is 3.14. The molecule has 2 aromatic heterocycles. The van der Waals surface area contributed by atoms with Gasteiger partial charge in [0.25, 0.3) is 0 Å². The maximum Gasteiger partial charge on any atom is 0.156 e. The monoisotopic (exact) mass is 521 g/mol. The number of benzene rings is 6. The minimum Gasteiger partial charge on any atom is -0.292 e. The van der Waals surface area contributed by atoms with Gasteiger partial charge in [-0.05, 0) is 57.1 Å². The average molecular weight is 522 g/mol. The van der Waals surface area contributed by atoms with E-state index < -0.39 is 0 Å². The van der Waals surface area contributed by atoms with Gasteiger partial charge in [0.15, 0.2) is 5.82 Å². The highest BCUT2D eigenvalue weighted by molar-refractivity contribution is 6.11. The van der Waals surface area contributed by atoms with E-state index in [4.69, 9.17) is 9.97 Å². The first kappa shape index (κ1) is 22.3. The SMILES string of the molecule is c1ccc2c(c1)-c1ccccc1-c1ccc3ncc(-n4c5ccccc5c5ccccc54)nc3c1-c1ccccc1-2. The van der Waals surface area contributed by atoms with E-state index in [0.29, 0.717) is 0 Å². The maximum atomic E-state index is 5.43. The Morgan fingerprint density at radius 1 is 0.415 bits per heavy atom. The second-order valence-corrected chi connectivity index (χ2v) is 10.6. The van der Waals surface area contributed by atoms with Crippen LogP contribution in [0, 0.1) is 0 Å². The summed E-state index contributed by atoms with van der Waals surface area (Å²) in [6.45, 7) is 0. The highest BCUT2D eigenvalue weighted by atomic mass is 15.1. The molecule has 0 fully saturated rings. The Balaban J connectivity index is 1.43. The minimum atomic E-state index is 0.816. The quantitative estimate of drug-likeness (QED) is 0.215. The zero-order valence-corrected chi connectivity index (χ0v) is 22.1. The Morgan fingerprint density at radius 2 is 0.878 bits per heavy atom. The summed E-state index contributed by atoms with van der Waals surface area (Å²) in [5, 5.41) is 2.42. The van der Waals surface area contributed by atoms with E-state index in [1.165, 1.54) is 49.7 Å². The lowest BCUT2D eigenvalue weighted by Gasteiger charge is -2.23. The van der Waals surface area contributed by atoms with Crippen LogP contribution < -0.4 is 0 Å². The molecule has 0 atom stereocenters. The summed E-state index contributed by atoms with van der Waals surface area (Å²) >= 11 is 0. The van der Waals surface area contributed by atoms with E-state index in [-0.39, 0.29) is 0 Å². The second-order valence-electron chi connectivity index (χ2n) is 10.6. The van der Waals surface area contributed by atoms with Crippen LogP contribution in [0.2, 0.25) is 0 Å². The van der Waals surface area contributed by atoms with E-state index in [1.54, 1.807) is 0 Å². The van der Waals surface area contributed by atoms with Crippen LogP contribution in [0.25, 0.3) is 83.2 Å². The van der Waals surface area contributed by atoms with E-state index in [0.717, 1.165) is 33.4 Å². The van der Waals surface area contributed by atoms with Gasteiger partial charge in [-0.3, -0.25) is 9.55 Å². The molecule has 2 heterocycles. The number of hydrogen-bond donors (Lipinski definition) is 0. The van der Waals surface area contributed by atoms with Gasteiger partial charge in [-0.1, -0.05) is 115 Å². The lowest BCUT2D eigenvalue weighted by Crippen LogP contribution is -2.02. The predicted octanol–water partition coefficient (Wildman–Crippen LogP) is 9.71. The van der Waals surface area contributed by atoms with Crippen molar-refractivity contribution in [3.05, 3.63) is 140 Å². The minimum absolute atomic E-state index is 0.816. The molecule has 190 valence electrons. The number of rotatable bonds is 1.